The van der Waals surface area contributed by atoms with Crippen LogP contribution in [0.15, 0.2) is 46.9 Å². The molecule has 1 aromatic carbocycles. The van der Waals surface area contributed by atoms with Crippen LogP contribution in [0.1, 0.15) is 16.0 Å². The molecule has 3 aromatic heterocycles. The number of carbonyl (C=O) groups is 1. The molecule has 4 rings (SSSR count). The molecule has 0 aliphatic rings. The van der Waals surface area contributed by atoms with Gasteiger partial charge in [-0.15, -0.1) is 32.9 Å². The minimum Gasteiger partial charge on any atom is -0.316 e. The van der Waals surface area contributed by atoms with E-state index in [9.17, 15) is 10.1 Å². The highest BCUT2D eigenvalue weighted by atomic mass is 35.5. The highest BCUT2D eigenvalue weighted by Gasteiger charge is 2.19. The molecule has 31 heavy (non-hydrogen) atoms. The molecular weight excluding hydrogens is 470 g/mol. The quantitative estimate of drug-likeness (QED) is 0.342. The summed E-state index contributed by atoms with van der Waals surface area (Å²) in [5.74, 6) is 0.638. The van der Waals surface area contributed by atoms with Crippen molar-refractivity contribution in [1.82, 2.24) is 14.8 Å². The number of carbonyl (C=O) groups excluding carboxylic acids is 1. The lowest BCUT2D eigenvalue weighted by atomic mass is 10.2. The first-order chi connectivity index (χ1) is 15.0. The molecule has 0 fully saturated rings. The lowest BCUT2D eigenvalue weighted by Crippen LogP contribution is -2.14. The fourth-order valence-corrected chi connectivity index (χ4v) is 5.50. The third-order valence-electron chi connectivity index (χ3n) is 4.54. The number of rotatable bonds is 6. The van der Waals surface area contributed by atoms with E-state index >= 15 is 0 Å². The van der Waals surface area contributed by atoms with Gasteiger partial charge in [-0.1, -0.05) is 29.4 Å². The van der Waals surface area contributed by atoms with Gasteiger partial charge in [0.05, 0.1) is 16.2 Å². The molecular formula is C21H16ClN5OS3. The molecule has 0 unspecified atom stereocenters. The van der Waals surface area contributed by atoms with E-state index < -0.39 is 0 Å². The summed E-state index contributed by atoms with van der Waals surface area (Å²) in [4.78, 5) is 14.6. The SMILES string of the molecule is Cc1sc(NC(=O)CSc2nnc(-c3cccs3)n2-c2ccc(Cl)cc2)c(C#N)c1C. The largest absolute Gasteiger partial charge is 0.316 e. The standard InChI is InChI=1S/C21H16ClN5OS3/c1-12-13(2)31-20(16(12)10-23)24-18(28)11-30-21-26-25-19(17-4-3-9-29-17)27(21)15-7-5-14(22)6-8-15/h3-9H,11H2,1-2H3,(H,24,28). The second-order valence-electron chi connectivity index (χ2n) is 6.53. The zero-order valence-corrected chi connectivity index (χ0v) is 19.8. The molecule has 0 atom stereocenters. The Labute approximate surface area is 196 Å². The van der Waals surface area contributed by atoms with E-state index in [4.69, 9.17) is 11.6 Å². The van der Waals surface area contributed by atoms with Gasteiger partial charge in [0.2, 0.25) is 5.91 Å². The van der Waals surface area contributed by atoms with E-state index in [2.05, 4.69) is 21.6 Å². The molecule has 0 spiro atoms. The number of hydrogen-bond donors (Lipinski definition) is 1. The predicted molar refractivity (Wildman–Crippen MR) is 128 cm³/mol. The third-order valence-corrected chi connectivity index (χ3v) is 7.71. The molecule has 10 heteroatoms. The third kappa shape index (κ3) is 4.52. The van der Waals surface area contributed by atoms with Crippen molar-refractivity contribution in [2.24, 2.45) is 0 Å². The van der Waals surface area contributed by atoms with Crippen molar-refractivity contribution >= 4 is 56.9 Å². The molecule has 4 aromatic rings. The fourth-order valence-electron chi connectivity index (χ4n) is 2.89. The van der Waals surface area contributed by atoms with Crippen LogP contribution in [0.3, 0.4) is 0 Å². The first-order valence-electron chi connectivity index (χ1n) is 9.16. The number of aryl methyl sites for hydroxylation is 1. The van der Waals surface area contributed by atoms with Crippen LogP contribution in [0.2, 0.25) is 5.02 Å². The number of aromatic nitrogens is 3. The molecule has 0 radical (unpaired) electrons. The molecule has 0 bridgehead atoms. The summed E-state index contributed by atoms with van der Waals surface area (Å²) < 4.78 is 1.92. The van der Waals surface area contributed by atoms with Crippen LogP contribution in [-0.2, 0) is 4.79 Å². The Morgan fingerprint density at radius 1 is 1.26 bits per heavy atom. The maximum absolute atomic E-state index is 12.6. The van der Waals surface area contributed by atoms with Gasteiger partial charge in [-0.3, -0.25) is 9.36 Å². The van der Waals surface area contributed by atoms with Crippen LogP contribution in [0.4, 0.5) is 5.00 Å². The Bertz CT molecular complexity index is 1270. The summed E-state index contributed by atoms with van der Waals surface area (Å²) in [6, 6.07) is 13.5. The van der Waals surface area contributed by atoms with E-state index in [0.717, 1.165) is 21.0 Å². The van der Waals surface area contributed by atoms with Gasteiger partial charge in [-0.25, -0.2) is 0 Å². The number of nitrogens with one attached hydrogen (secondary N) is 1. The number of halogens is 1. The van der Waals surface area contributed by atoms with Crippen LogP contribution in [0.5, 0.6) is 0 Å². The van der Waals surface area contributed by atoms with Crippen LogP contribution in [0, 0.1) is 25.2 Å². The van der Waals surface area contributed by atoms with Gasteiger partial charge in [-0.05, 0) is 55.1 Å². The Hall–Kier alpha value is -2.64. The number of anilines is 1. The lowest BCUT2D eigenvalue weighted by molar-refractivity contribution is -0.113. The van der Waals surface area contributed by atoms with Crippen molar-refractivity contribution in [2.45, 2.75) is 19.0 Å². The van der Waals surface area contributed by atoms with Crippen LogP contribution in [-0.4, -0.2) is 26.4 Å². The zero-order valence-electron chi connectivity index (χ0n) is 16.5. The van der Waals surface area contributed by atoms with E-state index in [1.165, 1.54) is 23.1 Å². The number of amides is 1. The monoisotopic (exact) mass is 485 g/mol. The van der Waals surface area contributed by atoms with Gasteiger partial charge < -0.3 is 5.32 Å². The molecule has 156 valence electrons. The van der Waals surface area contributed by atoms with E-state index in [1.807, 2.05) is 48.1 Å². The van der Waals surface area contributed by atoms with Gasteiger partial charge >= 0.3 is 0 Å². The topological polar surface area (TPSA) is 83.6 Å². The van der Waals surface area contributed by atoms with Gasteiger partial charge in [0.25, 0.3) is 0 Å². The Kier molecular flexibility index (Phi) is 6.43. The average Bonchev–Trinajstić information content (AvgIpc) is 3.47. The van der Waals surface area contributed by atoms with Gasteiger partial charge in [-0.2, -0.15) is 5.26 Å². The fraction of sp³-hybridized carbons (Fsp3) is 0.143. The van der Waals surface area contributed by atoms with Crippen molar-refractivity contribution < 1.29 is 4.79 Å². The molecule has 0 saturated heterocycles. The number of thiophene rings is 2. The molecule has 3 heterocycles. The van der Waals surface area contributed by atoms with E-state index in [1.54, 1.807) is 23.5 Å². The molecule has 0 saturated carbocycles. The van der Waals surface area contributed by atoms with Gasteiger partial charge in [0, 0.05) is 15.6 Å². The Balaban J connectivity index is 1.58. The summed E-state index contributed by atoms with van der Waals surface area (Å²) in [6.45, 7) is 3.82. The first-order valence-corrected chi connectivity index (χ1v) is 12.2. The summed E-state index contributed by atoms with van der Waals surface area (Å²) in [5, 5.41) is 24.7. The lowest BCUT2D eigenvalue weighted by Gasteiger charge is -2.09. The van der Waals surface area contributed by atoms with Crippen LogP contribution < -0.4 is 5.32 Å². The van der Waals surface area contributed by atoms with Gasteiger partial charge in [0.1, 0.15) is 11.1 Å². The van der Waals surface area contributed by atoms with Crippen molar-refractivity contribution in [2.75, 3.05) is 11.1 Å². The second-order valence-corrected chi connectivity index (χ2v) is 10.1. The number of nitrogens with zero attached hydrogens (tertiary/aromatic N) is 4. The predicted octanol–water partition coefficient (Wildman–Crippen LogP) is 5.93. The van der Waals surface area contributed by atoms with Crippen molar-refractivity contribution in [3.05, 3.63) is 62.8 Å². The average molecular weight is 486 g/mol. The zero-order chi connectivity index (χ0) is 22.0. The summed E-state index contributed by atoms with van der Waals surface area (Å²) in [7, 11) is 0. The molecule has 1 N–H and O–H groups in total. The maximum Gasteiger partial charge on any atom is 0.235 e. The summed E-state index contributed by atoms with van der Waals surface area (Å²) in [5.41, 5.74) is 2.28. The van der Waals surface area contributed by atoms with E-state index in [0.29, 0.717) is 26.6 Å². The second kappa shape index (κ2) is 9.24. The number of nitriles is 1. The first kappa shape index (κ1) is 21.6. The van der Waals surface area contributed by atoms with Crippen molar-refractivity contribution in [3.8, 4) is 22.5 Å². The minimum atomic E-state index is -0.203. The summed E-state index contributed by atoms with van der Waals surface area (Å²) in [6.07, 6.45) is 0. The highest BCUT2D eigenvalue weighted by Crippen LogP contribution is 2.33. The normalized spacial score (nSPS) is 10.8. The van der Waals surface area contributed by atoms with E-state index in [-0.39, 0.29) is 11.7 Å². The Morgan fingerprint density at radius 3 is 2.71 bits per heavy atom. The Morgan fingerprint density at radius 2 is 2.03 bits per heavy atom. The van der Waals surface area contributed by atoms with Crippen molar-refractivity contribution in [3.63, 3.8) is 0 Å². The van der Waals surface area contributed by atoms with Crippen molar-refractivity contribution in [1.29, 1.82) is 5.26 Å². The molecule has 1 amide bonds. The maximum atomic E-state index is 12.6. The number of thioether (sulfide) groups is 1. The molecule has 0 aliphatic heterocycles. The molecule has 0 aliphatic carbocycles. The van der Waals surface area contributed by atoms with Crippen LogP contribution >= 0.6 is 46.0 Å². The van der Waals surface area contributed by atoms with Gasteiger partial charge in [0.15, 0.2) is 11.0 Å². The number of benzene rings is 1. The van der Waals surface area contributed by atoms with Crippen LogP contribution in [0.25, 0.3) is 16.4 Å². The number of hydrogen-bond acceptors (Lipinski definition) is 7. The smallest absolute Gasteiger partial charge is 0.235 e. The highest BCUT2D eigenvalue weighted by molar-refractivity contribution is 7.99. The minimum absolute atomic E-state index is 0.136. The molecule has 6 nitrogen and oxygen atoms in total. The summed E-state index contributed by atoms with van der Waals surface area (Å²) >= 11 is 10.3.